The number of alkyl halides is 6. The van der Waals surface area contributed by atoms with Gasteiger partial charge in [-0.05, 0) is 80.8 Å². The number of benzene rings is 3. The van der Waals surface area contributed by atoms with Crippen LogP contribution in [0.25, 0.3) is 0 Å². The highest BCUT2D eigenvalue weighted by atomic mass is 19.4. The lowest BCUT2D eigenvalue weighted by atomic mass is 10.1. The number of nitro benzene ring substituents is 2. The third-order valence-electron chi connectivity index (χ3n) is 10.4. The normalized spacial score (nSPS) is 12.1. The third kappa shape index (κ3) is 18.4. The fraction of sp³-hybridized carbons (Fsp3) is 0.565. The Bertz CT molecular complexity index is 1970. The van der Waals surface area contributed by atoms with Crippen LogP contribution >= 0.6 is 0 Å². The van der Waals surface area contributed by atoms with Crippen molar-refractivity contribution < 1.29 is 36.2 Å². The van der Waals surface area contributed by atoms with Crippen LogP contribution in [0.4, 0.5) is 54.8 Å². The van der Waals surface area contributed by atoms with Gasteiger partial charge in [0.2, 0.25) is 0 Å². The van der Waals surface area contributed by atoms with Crippen LogP contribution in [-0.2, 0) is 12.4 Å². The van der Waals surface area contributed by atoms with Crippen LogP contribution in [0, 0.1) is 48.8 Å². The van der Waals surface area contributed by atoms with Crippen molar-refractivity contribution in [3.8, 4) is 12.1 Å². The maximum atomic E-state index is 13.2. The molecule has 1 fully saturated rings. The monoisotopic (exact) mass is 889 g/mol. The van der Waals surface area contributed by atoms with Crippen molar-refractivity contribution in [2.45, 2.75) is 124 Å². The number of hydrogen-bond donors (Lipinski definition) is 0. The van der Waals surface area contributed by atoms with Crippen molar-refractivity contribution in [1.82, 2.24) is 0 Å². The van der Waals surface area contributed by atoms with E-state index in [1.807, 2.05) is 29.8 Å². The lowest BCUT2D eigenvalue weighted by molar-refractivity contribution is -0.385. The van der Waals surface area contributed by atoms with Gasteiger partial charge in [0.1, 0.15) is 11.6 Å². The van der Waals surface area contributed by atoms with Crippen molar-refractivity contribution in [1.29, 1.82) is 10.5 Å². The number of rotatable bonds is 22. The zero-order valence-electron chi connectivity index (χ0n) is 37.0. The largest absolute Gasteiger partial charge is 0.418 e. The van der Waals surface area contributed by atoms with Gasteiger partial charge >= 0.3 is 12.4 Å². The number of anilines is 3. The predicted octanol–water partition coefficient (Wildman–Crippen LogP) is 13.5. The number of nitrogens with zero attached hydrogens (tertiary/aromatic N) is 7. The summed E-state index contributed by atoms with van der Waals surface area (Å²) in [6.45, 7) is 11.6. The van der Waals surface area contributed by atoms with Crippen molar-refractivity contribution in [2.24, 2.45) is 5.92 Å². The van der Waals surface area contributed by atoms with Crippen LogP contribution in [0.15, 0.2) is 54.6 Å². The van der Waals surface area contributed by atoms with Gasteiger partial charge in [-0.1, -0.05) is 72.6 Å². The molecule has 0 aliphatic heterocycles. The first kappa shape index (κ1) is 53.6. The van der Waals surface area contributed by atoms with Crippen LogP contribution in [0.5, 0.6) is 0 Å². The van der Waals surface area contributed by atoms with E-state index in [1.165, 1.54) is 56.4 Å². The zero-order chi connectivity index (χ0) is 47.2. The molecule has 0 heterocycles. The van der Waals surface area contributed by atoms with E-state index < -0.39 is 39.0 Å². The highest BCUT2D eigenvalue weighted by Gasteiger charge is 2.38. The second kappa shape index (κ2) is 26.8. The predicted molar refractivity (Wildman–Crippen MR) is 236 cm³/mol. The van der Waals surface area contributed by atoms with Gasteiger partial charge in [0.15, 0.2) is 0 Å². The van der Waals surface area contributed by atoms with Crippen molar-refractivity contribution in [3.63, 3.8) is 0 Å². The molecule has 11 nitrogen and oxygen atoms in total. The number of non-ortho nitro benzene ring substituents is 1. The summed E-state index contributed by atoms with van der Waals surface area (Å²) >= 11 is 0. The summed E-state index contributed by atoms with van der Waals surface area (Å²) in [7, 11) is 1.93. The van der Waals surface area contributed by atoms with E-state index in [-0.39, 0.29) is 22.5 Å². The second-order valence-corrected chi connectivity index (χ2v) is 15.6. The van der Waals surface area contributed by atoms with E-state index in [9.17, 15) is 46.6 Å². The molecular weight excluding hydrogens is 829 g/mol. The molecule has 0 aromatic heterocycles. The van der Waals surface area contributed by atoms with E-state index in [0.29, 0.717) is 30.8 Å². The van der Waals surface area contributed by atoms with Crippen molar-refractivity contribution >= 4 is 28.4 Å². The first-order valence-corrected chi connectivity index (χ1v) is 21.7. The fourth-order valence-corrected chi connectivity index (χ4v) is 6.72. The summed E-state index contributed by atoms with van der Waals surface area (Å²) in [5.74, 6) is 0.438. The van der Waals surface area contributed by atoms with E-state index in [0.717, 1.165) is 88.8 Å². The SMILES string of the molecule is CCCCCCCCN(C)c1ccc(C#N)c([N+](=O)[O-])c1.CCCCN(CCCC)c1ccc(C#N)c(C(F)(F)F)c1.CCCN(CC1CC1)c1ccc([N+](=O)[O-])cc1C(F)(F)F. The first-order valence-electron chi connectivity index (χ1n) is 21.7. The Labute approximate surface area is 367 Å². The average Bonchev–Trinajstić information content (AvgIpc) is 4.08. The van der Waals surface area contributed by atoms with Crippen molar-refractivity contribution in [2.75, 3.05) is 54.5 Å². The van der Waals surface area contributed by atoms with Crippen LogP contribution in [0.3, 0.4) is 0 Å². The molecule has 0 unspecified atom stereocenters. The first-order chi connectivity index (χ1) is 29.9. The Hall–Kier alpha value is -5.58. The zero-order valence-corrected chi connectivity index (χ0v) is 37.0. The van der Waals surface area contributed by atoms with Gasteiger partial charge in [-0.15, -0.1) is 0 Å². The Kier molecular flexibility index (Phi) is 22.8. The molecule has 63 heavy (non-hydrogen) atoms. The third-order valence-corrected chi connectivity index (χ3v) is 10.4. The maximum absolute atomic E-state index is 13.2. The topological polar surface area (TPSA) is 144 Å². The molecular formula is C46H61F6N7O4. The van der Waals surface area contributed by atoms with Crippen LogP contribution in [0.1, 0.15) is 133 Å². The van der Waals surface area contributed by atoms with Gasteiger partial charge in [-0.25, -0.2) is 0 Å². The molecule has 0 spiro atoms. The molecule has 0 N–H and O–H groups in total. The standard InChI is InChI=1S/C16H21F3N2.C16H23N3O2.C14H17F3N2O2/c1-3-5-9-21(10-6-4-2)14-8-7-13(12-20)15(11-14)16(17,18)19;1-3-4-5-6-7-8-11-18(2)15-10-9-14(13-17)16(12-15)19(20)21;1-2-7-18(9-10-3-4-10)13-6-5-11(19(20)21)8-12(13)14(15,16)17/h7-8,11H,3-6,9-10H2,1-2H3;9-10,12H,3-8,11H2,1-2H3;5-6,8,10H,2-4,7,9H2,1H3. The Morgan fingerprint density at radius 3 is 1.68 bits per heavy atom. The smallest absolute Gasteiger partial charge is 0.374 e. The molecule has 1 saturated carbocycles. The van der Waals surface area contributed by atoms with Gasteiger partial charge in [-0.3, -0.25) is 20.2 Å². The van der Waals surface area contributed by atoms with Crippen LogP contribution in [-0.4, -0.2) is 49.6 Å². The minimum absolute atomic E-state index is 0.0434. The van der Waals surface area contributed by atoms with Gasteiger partial charge in [0, 0.05) is 75.0 Å². The summed E-state index contributed by atoms with van der Waals surface area (Å²) in [6, 6.07) is 15.2. The number of nitriles is 2. The summed E-state index contributed by atoms with van der Waals surface area (Å²) < 4.78 is 78.6. The fourth-order valence-electron chi connectivity index (χ4n) is 6.72. The lowest BCUT2D eigenvalue weighted by Crippen LogP contribution is -2.29. The molecule has 346 valence electrons. The average molecular weight is 890 g/mol. The minimum atomic E-state index is -4.60. The van der Waals surface area contributed by atoms with E-state index in [1.54, 1.807) is 23.1 Å². The summed E-state index contributed by atoms with van der Waals surface area (Å²) in [5, 5.41) is 39.4. The highest BCUT2D eigenvalue weighted by molar-refractivity contribution is 5.61. The molecule has 17 heteroatoms. The molecule has 0 amide bonds. The van der Waals surface area contributed by atoms with Crippen molar-refractivity contribution in [3.05, 3.63) is 97.1 Å². The molecule has 0 atom stereocenters. The molecule has 0 bridgehead atoms. The number of halogens is 6. The molecule has 3 aromatic carbocycles. The van der Waals surface area contributed by atoms with Gasteiger partial charge < -0.3 is 14.7 Å². The summed E-state index contributed by atoms with van der Waals surface area (Å²) in [6.07, 6.45) is 4.87. The van der Waals surface area contributed by atoms with E-state index in [2.05, 4.69) is 20.8 Å². The number of hydrogen-bond acceptors (Lipinski definition) is 9. The summed E-state index contributed by atoms with van der Waals surface area (Å²) in [5.41, 5.74) is -1.27. The molecule has 3 aromatic rings. The highest BCUT2D eigenvalue weighted by Crippen LogP contribution is 2.41. The van der Waals surface area contributed by atoms with Crippen LogP contribution in [0.2, 0.25) is 0 Å². The van der Waals surface area contributed by atoms with Gasteiger partial charge in [0.05, 0.1) is 32.6 Å². The number of nitro groups is 2. The Balaban J connectivity index is 0.000000325. The lowest BCUT2D eigenvalue weighted by Gasteiger charge is -2.27. The molecule has 4 rings (SSSR count). The van der Waals surface area contributed by atoms with Gasteiger partial charge in [0.25, 0.3) is 11.4 Å². The molecule has 1 aliphatic carbocycles. The summed E-state index contributed by atoms with van der Waals surface area (Å²) in [4.78, 5) is 26.0. The van der Waals surface area contributed by atoms with E-state index in [4.69, 9.17) is 10.5 Å². The van der Waals surface area contributed by atoms with Gasteiger partial charge in [-0.2, -0.15) is 36.9 Å². The number of unbranched alkanes of at least 4 members (excludes halogenated alkanes) is 7. The molecule has 0 radical (unpaired) electrons. The van der Waals surface area contributed by atoms with E-state index >= 15 is 0 Å². The molecule has 1 aliphatic rings. The second-order valence-electron chi connectivity index (χ2n) is 15.6. The maximum Gasteiger partial charge on any atom is 0.418 e. The van der Waals surface area contributed by atoms with Crippen LogP contribution < -0.4 is 14.7 Å². The Morgan fingerprint density at radius 2 is 1.17 bits per heavy atom. The minimum Gasteiger partial charge on any atom is -0.374 e. The Morgan fingerprint density at radius 1 is 0.619 bits per heavy atom. The molecule has 0 saturated heterocycles. The quantitative estimate of drug-likeness (QED) is 0.0417.